The topological polar surface area (TPSA) is 54.8 Å². The fourth-order valence-corrected chi connectivity index (χ4v) is 3.54. The Bertz CT molecular complexity index is 375. The van der Waals surface area contributed by atoms with Crippen LogP contribution in [0.4, 0.5) is 0 Å². The molecule has 88 valence electrons. The van der Waals surface area contributed by atoms with Crippen molar-refractivity contribution in [2.45, 2.75) is 56.0 Å². The predicted molar refractivity (Wildman–Crippen MR) is 59.1 cm³/mol. The highest BCUT2D eigenvalue weighted by atomic mass is 32.2. The summed E-state index contributed by atoms with van der Waals surface area (Å²) in [5, 5.41) is 19.1. The second-order valence-corrected chi connectivity index (χ2v) is 5.63. The van der Waals surface area contributed by atoms with E-state index in [0.29, 0.717) is 12.6 Å². The molecule has 0 amide bonds. The van der Waals surface area contributed by atoms with Gasteiger partial charge in [0, 0.05) is 5.75 Å². The Morgan fingerprint density at radius 2 is 2.12 bits per heavy atom. The smallest absolute Gasteiger partial charge is 0.317 e. The molecule has 1 unspecified atom stereocenters. The van der Waals surface area contributed by atoms with Gasteiger partial charge in [-0.15, -0.1) is 4.68 Å². The normalized spacial score (nSPS) is 26.7. The second-order valence-electron chi connectivity index (χ2n) is 4.64. The Balaban J connectivity index is 1.85. The molecule has 2 heterocycles. The van der Waals surface area contributed by atoms with Crippen LogP contribution in [-0.4, -0.2) is 32.1 Å². The molecule has 6 heteroatoms. The summed E-state index contributed by atoms with van der Waals surface area (Å²) in [5.74, 6) is 0.764. The minimum atomic E-state index is -0.279. The van der Waals surface area contributed by atoms with Gasteiger partial charge in [-0.1, -0.05) is 11.1 Å². The van der Waals surface area contributed by atoms with Crippen LogP contribution in [0.5, 0.6) is 0 Å². The first-order valence-corrected chi connectivity index (χ1v) is 6.99. The number of thioether (sulfide) groups is 1. The molecule has 5 nitrogen and oxygen atoms in total. The lowest BCUT2D eigenvalue weighted by Gasteiger charge is -2.19. The molecule has 1 atom stereocenters. The van der Waals surface area contributed by atoms with E-state index in [2.05, 4.69) is 15.1 Å². The van der Waals surface area contributed by atoms with Crippen molar-refractivity contribution in [3.05, 3.63) is 0 Å². The van der Waals surface area contributed by atoms with Crippen LogP contribution in [0.3, 0.4) is 0 Å². The van der Waals surface area contributed by atoms with Crippen LogP contribution < -0.4 is 4.68 Å². The number of hydrogen-bond acceptors (Lipinski definition) is 4. The molecule has 0 aromatic carbocycles. The van der Waals surface area contributed by atoms with Crippen LogP contribution >= 0.6 is 11.8 Å². The molecule has 1 aromatic rings. The zero-order valence-corrected chi connectivity index (χ0v) is 10.1. The average Bonchev–Trinajstić information content (AvgIpc) is 2.73. The van der Waals surface area contributed by atoms with E-state index >= 15 is 0 Å². The Hall–Kier alpha value is -0.620. The molecule has 0 spiro atoms. The quantitative estimate of drug-likeness (QED) is 0.729. The van der Waals surface area contributed by atoms with Gasteiger partial charge in [0.2, 0.25) is 0 Å². The van der Waals surface area contributed by atoms with Crippen LogP contribution in [0.2, 0.25) is 0 Å². The van der Waals surface area contributed by atoms with Gasteiger partial charge < -0.3 is 5.11 Å². The first-order valence-electron chi connectivity index (χ1n) is 6.01. The number of aromatic nitrogens is 4. The fraction of sp³-hybridized carbons (Fsp3) is 0.900. The second kappa shape index (κ2) is 4.33. The van der Waals surface area contributed by atoms with Gasteiger partial charge in [-0.3, -0.25) is 0 Å². The van der Waals surface area contributed by atoms with Crippen molar-refractivity contribution in [3.63, 3.8) is 0 Å². The van der Waals surface area contributed by atoms with E-state index < -0.39 is 0 Å². The molecule has 1 saturated carbocycles. The van der Waals surface area contributed by atoms with E-state index in [9.17, 15) is 5.11 Å². The maximum atomic E-state index is 9.56. The van der Waals surface area contributed by atoms with E-state index in [1.54, 1.807) is 11.8 Å². The van der Waals surface area contributed by atoms with E-state index in [1.807, 2.05) is 4.68 Å². The van der Waals surface area contributed by atoms with Crippen molar-refractivity contribution < 1.29 is 9.79 Å². The maximum absolute atomic E-state index is 9.56. The Labute approximate surface area is 98.8 Å². The van der Waals surface area contributed by atoms with Crippen molar-refractivity contribution in [3.8, 4) is 0 Å². The minimum Gasteiger partial charge on any atom is -0.389 e. The van der Waals surface area contributed by atoms with Gasteiger partial charge in [0.05, 0.1) is 6.10 Å². The highest BCUT2D eigenvalue weighted by molar-refractivity contribution is 7.99. The van der Waals surface area contributed by atoms with Gasteiger partial charge in [0.25, 0.3) is 0 Å². The fourth-order valence-electron chi connectivity index (χ4n) is 2.52. The summed E-state index contributed by atoms with van der Waals surface area (Å²) in [6, 6.07) is 0.528. The number of rotatable bonds is 1. The lowest BCUT2D eigenvalue weighted by Crippen LogP contribution is -2.47. The first-order chi connectivity index (χ1) is 7.84. The van der Waals surface area contributed by atoms with E-state index in [-0.39, 0.29) is 6.10 Å². The number of fused-ring (bicyclic) bond motifs is 1. The SMILES string of the molecule is OC1CSc2n(C3CCCCC3)nn[n+]2C1. The summed E-state index contributed by atoms with van der Waals surface area (Å²) in [6.07, 6.45) is 6.12. The first kappa shape index (κ1) is 10.5. The van der Waals surface area contributed by atoms with Gasteiger partial charge in [-0.2, -0.15) is 0 Å². The molecule has 0 saturated heterocycles. The lowest BCUT2D eigenvalue weighted by molar-refractivity contribution is -0.794. The summed E-state index contributed by atoms with van der Waals surface area (Å²) in [7, 11) is 0. The predicted octanol–water partition coefficient (Wildman–Crippen LogP) is 0.537. The summed E-state index contributed by atoms with van der Waals surface area (Å²) in [6.45, 7) is 0.592. The molecule has 1 aromatic heterocycles. The Morgan fingerprint density at radius 3 is 2.94 bits per heavy atom. The van der Waals surface area contributed by atoms with Crippen LogP contribution in [0.15, 0.2) is 5.16 Å². The largest absolute Gasteiger partial charge is 0.389 e. The van der Waals surface area contributed by atoms with Gasteiger partial charge in [0.1, 0.15) is 17.8 Å². The molecule has 2 aliphatic rings. The summed E-state index contributed by atoms with van der Waals surface area (Å²) >= 11 is 1.67. The average molecular weight is 241 g/mol. The number of hydrogen-bond donors (Lipinski definition) is 1. The highest BCUT2D eigenvalue weighted by Crippen LogP contribution is 2.30. The van der Waals surface area contributed by atoms with Crippen molar-refractivity contribution in [2.75, 3.05) is 5.75 Å². The lowest BCUT2D eigenvalue weighted by atomic mass is 9.96. The molecule has 1 fully saturated rings. The van der Waals surface area contributed by atoms with Crippen molar-refractivity contribution in [1.82, 2.24) is 15.1 Å². The molecule has 0 bridgehead atoms. The highest BCUT2D eigenvalue weighted by Gasteiger charge is 2.33. The van der Waals surface area contributed by atoms with E-state index in [1.165, 1.54) is 32.1 Å². The maximum Gasteiger partial charge on any atom is 0.317 e. The van der Waals surface area contributed by atoms with Gasteiger partial charge in [-0.05, 0) is 37.4 Å². The molecular weight excluding hydrogens is 224 g/mol. The van der Waals surface area contributed by atoms with Gasteiger partial charge >= 0.3 is 5.16 Å². The number of tetrazole rings is 1. The number of nitrogens with zero attached hydrogens (tertiary/aromatic N) is 4. The molecule has 3 rings (SSSR count). The van der Waals surface area contributed by atoms with Gasteiger partial charge in [0.15, 0.2) is 5.21 Å². The van der Waals surface area contributed by atoms with E-state index in [4.69, 9.17) is 0 Å². The zero-order valence-electron chi connectivity index (χ0n) is 9.25. The Kier molecular flexibility index (Phi) is 2.85. The third-order valence-corrected chi connectivity index (χ3v) is 4.58. The summed E-state index contributed by atoms with van der Waals surface area (Å²) in [4.78, 5) is 0. The Morgan fingerprint density at radius 1 is 1.31 bits per heavy atom. The van der Waals surface area contributed by atoms with Crippen molar-refractivity contribution in [1.29, 1.82) is 0 Å². The molecule has 1 aliphatic heterocycles. The molecule has 1 N–H and O–H groups in total. The van der Waals surface area contributed by atoms with Crippen LogP contribution in [0.25, 0.3) is 0 Å². The summed E-state index contributed by atoms with van der Waals surface area (Å²) in [5.41, 5.74) is 0. The minimum absolute atomic E-state index is 0.279. The third kappa shape index (κ3) is 1.84. The number of aliphatic hydroxyl groups excluding tert-OH is 1. The van der Waals surface area contributed by atoms with Crippen LogP contribution in [0.1, 0.15) is 38.1 Å². The molecule has 0 radical (unpaired) electrons. The van der Waals surface area contributed by atoms with Gasteiger partial charge in [-0.25, -0.2) is 0 Å². The molecule has 16 heavy (non-hydrogen) atoms. The monoisotopic (exact) mass is 241 g/mol. The van der Waals surface area contributed by atoms with E-state index in [0.717, 1.165) is 10.9 Å². The third-order valence-electron chi connectivity index (χ3n) is 3.37. The van der Waals surface area contributed by atoms with Crippen molar-refractivity contribution in [2.24, 2.45) is 0 Å². The zero-order chi connectivity index (χ0) is 11.0. The van der Waals surface area contributed by atoms with Crippen LogP contribution in [0, 0.1) is 0 Å². The molecule has 1 aliphatic carbocycles. The molecular formula is C10H17N4OS+. The summed E-state index contributed by atoms with van der Waals surface area (Å²) < 4.78 is 3.92. The number of aliphatic hydroxyl groups is 1. The van der Waals surface area contributed by atoms with Crippen LogP contribution in [-0.2, 0) is 6.54 Å². The standard InChI is InChI=1S/C10H17N4OS/c15-9-6-13-10(16-7-9)14(12-11-13)8-4-2-1-3-5-8/h8-9,15H,1-7H2/q+1. The van der Waals surface area contributed by atoms with Crippen molar-refractivity contribution >= 4 is 11.8 Å².